The lowest BCUT2D eigenvalue weighted by Gasteiger charge is -2.07. The Labute approximate surface area is 145 Å². The van der Waals surface area contributed by atoms with Gasteiger partial charge in [0.1, 0.15) is 5.01 Å². The Kier molecular flexibility index (Phi) is 4.80. The lowest BCUT2D eigenvalue weighted by atomic mass is 10.1. The van der Waals surface area contributed by atoms with Crippen molar-refractivity contribution in [3.8, 4) is 11.3 Å². The van der Waals surface area contributed by atoms with Crippen molar-refractivity contribution >= 4 is 17.2 Å². The summed E-state index contributed by atoms with van der Waals surface area (Å²) in [5, 5.41) is 5.20. The number of halogens is 3. The number of carbonyl (C=O) groups is 1. The molecule has 3 aromatic rings. The fourth-order valence-electron chi connectivity index (χ4n) is 2.11. The first kappa shape index (κ1) is 17.1. The van der Waals surface area contributed by atoms with E-state index in [9.17, 15) is 18.0 Å². The standard InChI is InChI=1S/C17H12F3N3OS/c18-17(19,20)13-5-3-11(4-6-13)16(24)22-9-15-23-14(10-25-15)12-2-1-7-21-8-12/h1-8,10H,9H2,(H,22,24). The van der Waals surface area contributed by atoms with Gasteiger partial charge in [-0.25, -0.2) is 4.98 Å². The number of hydrogen-bond donors (Lipinski definition) is 1. The van der Waals surface area contributed by atoms with Crippen molar-refractivity contribution in [1.29, 1.82) is 0 Å². The van der Waals surface area contributed by atoms with Gasteiger partial charge in [-0.15, -0.1) is 11.3 Å². The summed E-state index contributed by atoms with van der Waals surface area (Å²) in [6.07, 6.45) is -1.06. The van der Waals surface area contributed by atoms with Gasteiger partial charge in [0.05, 0.1) is 17.8 Å². The molecule has 8 heteroatoms. The second-order valence-electron chi connectivity index (χ2n) is 5.13. The summed E-state index contributed by atoms with van der Waals surface area (Å²) in [5.41, 5.74) is 1.01. The number of benzene rings is 1. The normalized spacial score (nSPS) is 11.3. The number of carbonyl (C=O) groups excluding carboxylic acids is 1. The summed E-state index contributed by atoms with van der Waals surface area (Å²) in [7, 11) is 0. The molecule has 0 saturated heterocycles. The minimum atomic E-state index is -4.42. The second-order valence-corrected chi connectivity index (χ2v) is 6.07. The zero-order chi connectivity index (χ0) is 17.9. The summed E-state index contributed by atoms with van der Waals surface area (Å²) < 4.78 is 37.6. The molecule has 0 radical (unpaired) electrons. The molecule has 128 valence electrons. The highest BCUT2D eigenvalue weighted by Crippen LogP contribution is 2.29. The minimum absolute atomic E-state index is 0.164. The van der Waals surface area contributed by atoms with E-state index in [0.29, 0.717) is 5.01 Å². The number of nitrogens with one attached hydrogen (secondary N) is 1. The van der Waals surface area contributed by atoms with Crippen LogP contribution >= 0.6 is 11.3 Å². The van der Waals surface area contributed by atoms with E-state index in [1.54, 1.807) is 18.5 Å². The number of pyridine rings is 1. The maximum atomic E-state index is 12.5. The number of nitrogens with zero attached hydrogens (tertiary/aromatic N) is 2. The Morgan fingerprint density at radius 3 is 2.56 bits per heavy atom. The Balaban J connectivity index is 1.62. The molecule has 3 rings (SSSR count). The van der Waals surface area contributed by atoms with Gasteiger partial charge in [-0.05, 0) is 36.4 Å². The Morgan fingerprint density at radius 1 is 1.16 bits per heavy atom. The summed E-state index contributed by atoms with van der Waals surface area (Å²) in [6.45, 7) is 0.199. The summed E-state index contributed by atoms with van der Waals surface area (Å²) in [6, 6.07) is 7.77. The van der Waals surface area contributed by atoms with E-state index >= 15 is 0 Å². The molecule has 0 saturated carbocycles. The van der Waals surface area contributed by atoms with E-state index in [2.05, 4.69) is 15.3 Å². The van der Waals surface area contributed by atoms with Crippen molar-refractivity contribution in [2.24, 2.45) is 0 Å². The summed E-state index contributed by atoms with van der Waals surface area (Å²) in [5.74, 6) is -0.452. The van der Waals surface area contributed by atoms with Crippen molar-refractivity contribution < 1.29 is 18.0 Å². The molecule has 0 aliphatic rings. The molecule has 2 aromatic heterocycles. The number of hydrogen-bond acceptors (Lipinski definition) is 4. The minimum Gasteiger partial charge on any atom is -0.346 e. The van der Waals surface area contributed by atoms with Gasteiger partial charge in [-0.1, -0.05) is 0 Å². The number of aromatic nitrogens is 2. The third-order valence-electron chi connectivity index (χ3n) is 3.38. The van der Waals surface area contributed by atoms with Crippen molar-refractivity contribution in [2.75, 3.05) is 0 Å². The molecule has 0 unspecified atom stereocenters. The van der Waals surface area contributed by atoms with Crippen LogP contribution in [0.1, 0.15) is 20.9 Å². The van der Waals surface area contributed by atoms with Crippen molar-refractivity contribution in [3.05, 3.63) is 70.3 Å². The average Bonchev–Trinajstić information content (AvgIpc) is 3.09. The molecule has 25 heavy (non-hydrogen) atoms. The van der Waals surface area contributed by atoms with Crippen LogP contribution in [0, 0.1) is 0 Å². The van der Waals surface area contributed by atoms with Crippen LogP contribution in [0.5, 0.6) is 0 Å². The number of alkyl halides is 3. The maximum Gasteiger partial charge on any atom is 0.416 e. The Hall–Kier alpha value is -2.74. The van der Waals surface area contributed by atoms with E-state index < -0.39 is 17.6 Å². The fourth-order valence-corrected chi connectivity index (χ4v) is 2.85. The zero-order valence-corrected chi connectivity index (χ0v) is 13.6. The van der Waals surface area contributed by atoms with Crippen LogP contribution in [-0.2, 0) is 12.7 Å². The monoisotopic (exact) mass is 363 g/mol. The smallest absolute Gasteiger partial charge is 0.346 e. The predicted octanol–water partition coefficient (Wildman–Crippen LogP) is 4.15. The Morgan fingerprint density at radius 2 is 1.92 bits per heavy atom. The van der Waals surface area contributed by atoms with Gasteiger partial charge in [0.2, 0.25) is 0 Å². The first-order chi connectivity index (χ1) is 11.9. The topological polar surface area (TPSA) is 54.9 Å². The van der Waals surface area contributed by atoms with Gasteiger partial charge in [-0.2, -0.15) is 13.2 Å². The first-order valence-corrected chi connectivity index (χ1v) is 8.12. The van der Waals surface area contributed by atoms with E-state index in [-0.39, 0.29) is 12.1 Å². The van der Waals surface area contributed by atoms with Crippen LogP contribution in [0.25, 0.3) is 11.3 Å². The quantitative estimate of drug-likeness (QED) is 0.757. The average molecular weight is 363 g/mol. The molecule has 1 amide bonds. The third-order valence-corrected chi connectivity index (χ3v) is 4.23. The van der Waals surface area contributed by atoms with Crippen LogP contribution in [-0.4, -0.2) is 15.9 Å². The fraction of sp³-hybridized carbons (Fsp3) is 0.118. The number of rotatable bonds is 4. The van der Waals surface area contributed by atoms with Crippen LogP contribution in [0.15, 0.2) is 54.2 Å². The van der Waals surface area contributed by atoms with Gasteiger partial charge in [-0.3, -0.25) is 9.78 Å². The second kappa shape index (κ2) is 7.02. The highest BCUT2D eigenvalue weighted by Gasteiger charge is 2.30. The molecule has 0 spiro atoms. The zero-order valence-electron chi connectivity index (χ0n) is 12.7. The van der Waals surface area contributed by atoms with E-state index in [1.807, 2.05) is 11.4 Å². The molecule has 0 fully saturated rings. The maximum absolute atomic E-state index is 12.5. The van der Waals surface area contributed by atoms with Crippen molar-refractivity contribution in [2.45, 2.75) is 12.7 Å². The van der Waals surface area contributed by atoms with Crippen LogP contribution < -0.4 is 5.32 Å². The van der Waals surface area contributed by atoms with Gasteiger partial charge in [0, 0.05) is 28.9 Å². The highest BCUT2D eigenvalue weighted by molar-refractivity contribution is 7.09. The van der Waals surface area contributed by atoms with E-state index in [0.717, 1.165) is 35.5 Å². The molecule has 1 aromatic carbocycles. The molecule has 1 N–H and O–H groups in total. The molecule has 0 bridgehead atoms. The lowest BCUT2D eigenvalue weighted by Crippen LogP contribution is -2.22. The van der Waals surface area contributed by atoms with Crippen molar-refractivity contribution in [1.82, 2.24) is 15.3 Å². The predicted molar refractivity (Wildman–Crippen MR) is 88.0 cm³/mol. The molecular weight excluding hydrogens is 351 g/mol. The largest absolute Gasteiger partial charge is 0.416 e. The SMILES string of the molecule is O=C(NCc1nc(-c2cccnc2)cs1)c1ccc(C(F)(F)F)cc1. The molecule has 2 heterocycles. The molecule has 0 atom stereocenters. The molecular formula is C17H12F3N3OS. The van der Waals surface area contributed by atoms with E-state index in [4.69, 9.17) is 0 Å². The molecule has 0 aliphatic carbocycles. The van der Waals surface area contributed by atoms with Crippen LogP contribution in [0.3, 0.4) is 0 Å². The molecule has 0 aliphatic heterocycles. The summed E-state index contributed by atoms with van der Waals surface area (Å²) in [4.78, 5) is 20.5. The van der Waals surface area contributed by atoms with E-state index in [1.165, 1.54) is 11.3 Å². The third kappa shape index (κ3) is 4.21. The van der Waals surface area contributed by atoms with Crippen molar-refractivity contribution in [3.63, 3.8) is 0 Å². The van der Waals surface area contributed by atoms with Gasteiger partial charge >= 0.3 is 6.18 Å². The van der Waals surface area contributed by atoms with Gasteiger partial charge in [0.25, 0.3) is 5.91 Å². The first-order valence-electron chi connectivity index (χ1n) is 7.24. The number of amides is 1. The Bertz CT molecular complexity index is 861. The van der Waals surface area contributed by atoms with Crippen LogP contribution in [0.2, 0.25) is 0 Å². The lowest BCUT2D eigenvalue weighted by molar-refractivity contribution is -0.137. The van der Waals surface area contributed by atoms with Crippen LogP contribution in [0.4, 0.5) is 13.2 Å². The summed E-state index contributed by atoms with van der Waals surface area (Å²) >= 11 is 1.39. The van der Waals surface area contributed by atoms with Gasteiger partial charge < -0.3 is 5.32 Å². The molecule has 4 nitrogen and oxygen atoms in total. The highest BCUT2D eigenvalue weighted by atomic mass is 32.1. The van der Waals surface area contributed by atoms with Gasteiger partial charge in [0.15, 0.2) is 0 Å². The number of thiazole rings is 1.